The molecule has 22 heavy (non-hydrogen) atoms. The molecule has 0 spiro atoms. The van der Waals surface area contributed by atoms with Crippen molar-refractivity contribution < 1.29 is 9.59 Å². The second-order valence-corrected chi connectivity index (χ2v) is 5.73. The Labute approximate surface area is 132 Å². The third kappa shape index (κ3) is 4.48. The van der Waals surface area contributed by atoms with Gasteiger partial charge in [0.25, 0.3) is 0 Å². The Kier molecular flexibility index (Phi) is 5.81. The van der Waals surface area contributed by atoms with E-state index < -0.39 is 0 Å². The van der Waals surface area contributed by atoms with Gasteiger partial charge in [-0.1, -0.05) is 18.2 Å². The Morgan fingerprint density at radius 1 is 1.09 bits per heavy atom. The molecular formula is C17H25N3O2. The normalized spacial score (nSPS) is 15.4. The molecule has 5 nitrogen and oxygen atoms in total. The molecule has 1 aliphatic heterocycles. The second kappa shape index (κ2) is 7.82. The van der Waals surface area contributed by atoms with Crippen molar-refractivity contribution in [3.8, 4) is 0 Å². The van der Waals surface area contributed by atoms with Gasteiger partial charge in [-0.2, -0.15) is 0 Å². The number of nitrogens with zero attached hydrogens (tertiary/aromatic N) is 2. The number of carbonyl (C=O) groups excluding carboxylic acids is 2. The highest BCUT2D eigenvalue weighted by atomic mass is 16.2. The highest BCUT2D eigenvalue weighted by Gasteiger charge is 2.19. The molecule has 120 valence electrons. The number of nitrogens with one attached hydrogen (secondary N) is 1. The van der Waals surface area contributed by atoms with Crippen molar-refractivity contribution >= 4 is 17.5 Å². The predicted molar refractivity (Wildman–Crippen MR) is 87.7 cm³/mol. The summed E-state index contributed by atoms with van der Waals surface area (Å²) in [4.78, 5) is 27.4. The lowest BCUT2D eigenvalue weighted by Crippen LogP contribution is -2.37. The number of para-hydroxylation sites is 1. The van der Waals surface area contributed by atoms with E-state index in [9.17, 15) is 9.59 Å². The van der Waals surface area contributed by atoms with E-state index in [1.807, 2.05) is 28.0 Å². The van der Waals surface area contributed by atoms with E-state index in [-0.39, 0.29) is 11.8 Å². The standard InChI is InChI=1S/C17H25N3O2/c1-14-6-3-4-7-16(14)18-9-8-17(22)20-11-5-10-19(12-13-20)15(2)21/h3-4,6-7,18H,5,8-13H2,1-2H3. The summed E-state index contributed by atoms with van der Waals surface area (Å²) in [5.41, 5.74) is 2.26. The van der Waals surface area contributed by atoms with Gasteiger partial charge in [0.05, 0.1) is 0 Å². The van der Waals surface area contributed by atoms with Gasteiger partial charge in [-0.05, 0) is 25.0 Å². The zero-order chi connectivity index (χ0) is 15.9. The van der Waals surface area contributed by atoms with Crippen LogP contribution in [-0.2, 0) is 9.59 Å². The minimum Gasteiger partial charge on any atom is -0.384 e. The second-order valence-electron chi connectivity index (χ2n) is 5.73. The molecule has 0 bridgehead atoms. The van der Waals surface area contributed by atoms with Crippen molar-refractivity contribution in [1.82, 2.24) is 9.80 Å². The molecule has 1 heterocycles. The number of carbonyl (C=O) groups is 2. The van der Waals surface area contributed by atoms with Crippen molar-refractivity contribution in [2.75, 3.05) is 38.0 Å². The lowest BCUT2D eigenvalue weighted by atomic mass is 10.2. The van der Waals surface area contributed by atoms with Gasteiger partial charge in [0.1, 0.15) is 0 Å². The predicted octanol–water partition coefficient (Wildman–Crippen LogP) is 1.88. The molecule has 0 unspecified atom stereocenters. The summed E-state index contributed by atoms with van der Waals surface area (Å²) in [5, 5.41) is 3.31. The molecule has 1 fully saturated rings. The zero-order valence-corrected chi connectivity index (χ0v) is 13.5. The summed E-state index contributed by atoms with van der Waals surface area (Å²) in [6.07, 6.45) is 1.34. The maximum Gasteiger partial charge on any atom is 0.224 e. The molecule has 1 aromatic carbocycles. The summed E-state index contributed by atoms with van der Waals surface area (Å²) in [5.74, 6) is 0.252. The van der Waals surface area contributed by atoms with Gasteiger partial charge in [0.2, 0.25) is 11.8 Å². The third-order valence-corrected chi connectivity index (χ3v) is 4.09. The summed E-state index contributed by atoms with van der Waals surface area (Å²) < 4.78 is 0. The van der Waals surface area contributed by atoms with E-state index in [1.54, 1.807) is 6.92 Å². The summed E-state index contributed by atoms with van der Waals surface area (Å²) >= 11 is 0. The highest BCUT2D eigenvalue weighted by molar-refractivity contribution is 5.77. The van der Waals surface area contributed by atoms with Crippen LogP contribution in [0.1, 0.15) is 25.3 Å². The molecule has 0 atom stereocenters. The zero-order valence-electron chi connectivity index (χ0n) is 13.5. The SMILES string of the molecule is CC(=O)N1CCCN(C(=O)CCNc2ccccc2C)CC1. The molecule has 1 saturated heterocycles. The Balaban J connectivity index is 1.77. The largest absolute Gasteiger partial charge is 0.384 e. The molecule has 5 heteroatoms. The van der Waals surface area contributed by atoms with Crippen molar-refractivity contribution in [3.05, 3.63) is 29.8 Å². The first-order chi connectivity index (χ1) is 10.6. The fourth-order valence-corrected chi connectivity index (χ4v) is 2.72. The molecule has 0 radical (unpaired) electrons. The number of benzene rings is 1. The number of rotatable bonds is 4. The van der Waals surface area contributed by atoms with Crippen LogP contribution in [0.15, 0.2) is 24.3 Å². The molecule has 1 aromatic rings. The molecule has 0 aliphatic carbocycles. The average molecular weight is 303 g/mol. The fraction of sp³-hybridized carbons (Fsp3) is 0.529. The van der Waals surface area contributed by atoms with Crippen LogP contribution in [0.2, 0.25) is 0 Å². The Bertz CT molecular complexity index is 530. The molecule has 1 aliphatic rings. The first-order valence-corrected chi connectivity index (χ1v) is 7.90. The molecule has 0 saturated carbocycles. The van der Waals surface area contributed by atoms with E-state index in [0.29, 0.717) is 26.1 Å². The van der Waals surface area contributed by atoms with E-state index in [4.69, 9.17) is 0 Å². The van der Waals surface area contributed by atoms with Crippen LogP contribution in [0, 0.1) is 6.92 Å². The van der Waals surface area contributed by atoms with E-state index >= 15 is 0 Å². The van der Waals surface area contributed by atoms with Crippen LogP contribution in [0.25, 0.3) is 0 Å². The van der Waals surface area contributed by atoms with Gasteiger partial charge in [-0.3, -0.25) is 9.59 Å². The minimum atomic E-state index is 0.0931. The summed E-state index contributed by atoms with van der Waals surface area (Å²) in [7, 11) is 0. The molecule has 0 aromatic heterocycles. The van der Waals surface area contributed by atoms with Crippen molar-refractivity contribution in [2.24, 2.45) is 0 Å². The summed E-state index contributed by atoms with van der Waals surface area (Å²) in [6, 6.07) is 8.07. The van der Waals surface area contributed by atoms with E-state index in [0.717, 1.165) is 25.2 Å². The maximum atomic E-state index is 12.3. The van der Waals surface area contributed by atoms with Crippen molar-refractivity contribution in [2.45, 2.75) is 26.7 Å². The van der Waals surface area contributed by atoms with Gasteiger partial charge < -0.3 is 15.1 Å². The third-order valence-electron chi connectivity index (χ3n) is 4.09. The van der Waals surface area contributed by atoms with Crippen LogP contribution < -0.4 is 5.32 Å². The monoisotopic (exact) mass is 303 g/mol. The molecule has 1 N–H and O–H groups in total. The molecular weight excluding hydrogens is 278 g/mol. The maximum absolute atomic E-state index is 12.3. The van der Waals surface area contributed by atoms with Crippen LogP contribution >= 0.6 is 0 Å². The number of amides is 2. The fourth-order valence-electron chi connectivity index (χ4n) is 2.72. The Morgan fingerprint density at radius 2 is 1.77 bits per heavy atom. The Morgan fingerprint density at radius 3 is 2.50 bits per heavy atom. The topological polar surface area (TPSA) is 52.7 Å². The number of hydrogen-bond acceptors (Lipinski definition) is 3. The van der Waals surface area contributed by atoms with Gasteiger partial charge >= 0.3 is 0 Å². The highest BCUT2D eigenvalue weighted by Crippen LogP contribution is 2.13. The number of hydrogen-bond donors (Lipinski definition) is 1. The van der Waals surface area contributed by atoms with Crippen LogP contribution in [0.3, 0.4) is 0 Å². The minimum absolute atomic E-state index is 0.0931. The van der Waals surface area contributed by atoms with Crippen LogP contribution in [0.5, 0.6) is 0 Å². The van der Waals surface area contributed by atoms with E-state index in [2.05, 4.69) is 18.3 Å². The lowest BCUT2D eigenvalue weighted by Gasteiger charge is -2.21. The van der Waals surface area contributed by atoms with E-state index in [1.165, 1.54) is 5.56 Å². The first kappa shape index (κ1) is 16.3. The van der Waals surface area contributed by atoms with Crippen molar-refractivity contribution in [1.29, 1.82) is 0 Å². The smallest absolute Gasteiger partial charge is 0.224 e. The van der Waals surface area contributed by atoms with Crippen LogP contribution in [0.4, 0.5) is 5.69 Å². The molecule has 2 amide bonds. The lowest BCUT2D eigenvalue weighted by molar-refractivity contribution is -0.132. The van der Waals surface area contributed by atoms with Gasteiger partial charge in [0, 0.05) is 51.8 Å². The van der Waals surface area contributed by atoms with Gasteiger partial charge in [-0.15, -0.1) is 0 Å². The number of anilines is 1. The van der Waals surface area contributed by atoms with Gasteiger partial charge in [0.15, 0.2) is 0 Å². The summed E-state index contributed by atoms with van der Waals surface area (Å²) in [6.45, 7) is 7.05. The number of aryl methyl sites for hydroxylation is 1. The molecule has 2 rings (SSSR count). The quantitative estimate of drug-likeness (QED) is 0.924. The van der Waals surface area contributed by atoms with Gasteiger partial charge in [-0.25, -0.2) is 0 Å². The van der Waals surface area contributed by atoms with Crippen molar-refractivity contribution in [3.63, 3.8) is 0 Å². The first-order valence-electron chi connectivity index (χ1n) is 7.90. The van der Waals surface area contributed by atoms with Crippen LogP contribution in [-0.4, -0.2) is 54.3 Å². The average Bonchev–Trinajstić information content (AvgIpc) is 2.75. The Hall–Kier alpha value is -2.04.